The van der Waals surface area contributed by atoms with E-state index in [1.165, 1.54) is 12.4 Å². The summed E-state index contributed by atoms with van der Waals surface area (Å²) in [7, 11) is 0. The third-order valence-corrected chi connectivity index (χ3v) is 1.38. The van der Waals surface area contributed by atoms with Crippen LogP contribution in [0.15, 0.2) is 12.4 Å². The molecule has 0 saturated carbocycles. The first kappa shape index (κ1) is 7.98. The van der Waals surface area contributed by atoms with Gasteiger partial charge in [-0.05, 0) is 0 Å². The number of halogens is 3. The molecule has 0 aliphatic rings. The van der Waals surface area contributed by atoms with Crippen molar-refractivity contribution < 1.29 is 5.21 Å². The van der Waals surface area contributed by atoms with E-state index in [1.54, 1.807) is 0 Å². The van der Waals surface area contributed by atoms with Crippen molar-refractivity contribution in [1.82, 2.24) is 9.71 Å². The molecule has 1 aromatic heterocycles. The van der Waals surface area contributed by atoms with Gasteiger partial charge >= 0.3 is 0 Å². The second-order valence-electron chi connectivity index (χ2n) is 1.59. The molecular weight excluding hydrogens is 198 g/mol. The summed E-state index contributed by atoms with van der Waals surface area (Å²) in [6, 6.07) is 0. The fourth-order valence-corrected chi connectivity index (χ4v) is 0.906. The Morgan fingerprint density at radius 3 is 2.30 bits per heavy atom. The van der Waals surface area contributed by atoms with Gasteiger partial charge in [-0.25, -0.2) is 4.98 Å². The molecule has 0 radical (unpaired) electrons. The molecule has 0 fully saturated rings. The first-order valence-electron chi connectivity index (χ1n) is 2.31. The van der Waals surface area contributed by atoms with Crippen molar-refractivity contribution in [1.29, 1.82) is 0 Å². The van der Waals surface area contributed by atoms with Gasteiger partial charge in [0.05, 0.1) is 6.20 Å². The second-order valence-corrected chi connectivity index (χ2v) is 3.87. The zero-order valence-electron chi connectivity index (χ0n) is 4.63. The molecule has 1 rings (SSSR count). The molecular formula is C4H3Cl3N2O. The lowest BCUT2D eigenvalue weighted by Crippen LogP contribution is -2.08. The molecule has 1 N–H and O–H groups in total. The minimum atomic E-state index is -1.67. The Bertz CT molecular complexity index is 229. The Hall–Kier alpha value is -0.120. The van der Waals surface area contributed by atoms with Crippen molar-refractivity contribution in [2.75, 3.05) is 0 Å². The molecule has 1 heterocycles. The molecule has 3 nitrogen and oxygen atoms in total. The standard InChI is InChI=1S/C4H3Cl3N2O/c5-4(6,7)3-8-1-2-9(3)10/h1-2,10H. The van der Waals surface area contributed by atoms with Crippen LogP contribution in [0, 0.1) is 0 Å². The number of hydrogen-bond acceptors (Lipinski definition) is 2. The van der Waals surface area contributed by atoms with E-state index in [4.69, 9.17) is 40.0 Å². The molecule has 56 valence electrons. The van der Waals surface area contributed by atoms with Gasteiger partial charge in [0.2, 0.25) is 0 Å². The van der Waals surface area contributed by atoms with Crippen LogP contribution in [0.25, 0.3) is 0 Å². The van der Waals surface area contributed by atoms with Crippen LogP contribution in [0.5, 0.6) is 0 Å². The minimum Gasteiger partial charge on any atom is -0.427 e. The zero-order valence-corrected chi connectivity index (χ0v) is 6.90. The SMILES string of the molecule is On1ccnc1C(Cl)(Cl)Cl. The van der Waals surface area contributed by atoms with Crippen molar-refractivity contribution in [2.45, 2.75) is 3.79 Å². The highest BCUT2D eigenvalue weighted by Gasteiger charge is 2.28. The topological polar surface area (TPSA) is 38.0 Å². The van der Waals surface area contributed by atoms with E-state index in [9.17, 15) is 0 Å². The van der Waals surface area contributed by atoms with Crippen LogP contribution in [-0.4, -0.2) is 14.9 Å². The van der Waals surface area contributed by atoms with Crippen molar-refractivity contribution >= 4 is 34.8 Å². The Balaban J connectivity index is 3.05. The van der Waals surface area contributed by atoms with Crippen LogP contribution in [0.2, 0.25) is 0 Å². The van der Waals surface area contributed by atoms with Gasteiger partial charge < -0.3 is 5.21 Å². The highest BCUT2D eigenvalue weighted by atomic mass is 35.6. The first-order valence-corrected chi connectivity index (χ1v) is 3.45. The Labute approximate surface area is 72.1 Å². The van der Waals surface area contributed by atoms with Crippen LogP contribution in [0.3, 0.4) is 0 Å². The van der Waals surface area contributed by atoms with E-state index >= 15 is 0 Å². The molecule has 1 aromatic rings. The van der Waals surface area contributed by atoms with Gasteiger partial charge in [0.1, 0.15) is 0 Å². The molecule has 0 aromatic carbocycles. The second kappa shape index (κ2) is 2.49. The van der Waals surface area contributed by atoms with Crippen LogP contribution < -0.4 is 0 Å². The van der Waals surface area contributed by atoms with E-state index in [-0.39, 0.29) is 5.82 Å². The summed E-state index contributed by atoms with van der Waals surface area (Å²) in [6.07, 6.45) is 2.61. The molecule has 0 aliphatic carbocycles. The Kier molecular flexibility index (Phi) is 1.99. The largest absolute Gasteiger partial charge is 0.427 e. The van der Waals surface area contributed by atoms with E-state index < -0.39 is 3.79 Å². The lowest BCUT2D eigenvalue weighted by atomic mass is 10.7. The molecule has 0 aliphatic heterocycles. The fraction of sp³-hybridized carbons (Fsp3) is 0.250. The van der Waals surface area contributed by atoms with Crippen molar-refractivity contribution in [3.63, 3.8) is 0 Å². The number of rotatable bonds is 0. The maximum absolute atomic E-state index is 8.89. The van der Waals surface area contributed by atoms with Gasteiger partial charge in [0, 0.05) is 6.20 Å². The quantitative estimate of drug-likeness (QED) is 0.515. The zero-order chi connectivity index (χ0) is 7.78. The van der Waals surface area contributed by atoms with E-state index in [0.29, 0.717) is 4.73 Å². The van der Waals surface area contributed by atoms with E-state index in [1.807, 2.05) is 0 Å². The smallest absolute Gasteiger partial charge is 0.251 e. The molecule has 0 spiro atoms. The fourth-order valence-electron chi connectivity index (χ4n) is 0.500. The number of aromatic nitrogens is 2. The van der Waals surface area contributed by atoms with Crippen LogP contribution >= 0.6 is 34.8 Å². The van der Waals surface area contributed by atoms with Crippen molar-refractivity contribution in [2.24, 2.45) is 0 Å². The highest BCUT2D eigenvalue weighted by molar-refractivity contribution is 6.66. The van der Waals surface area contributed by atoms with Gasteiger partial charge in [0.25, 0.3) is 3.79 Å². The maximum Gasteiger partial charge on any atom is 0.251 e. The normalized spacial score (nSPS) is 11.9. The van der Waals surface area contributed by atoms with Crippen LogP contribution in [0.4, 0.5) is 0 Å². The summed E-state index contributed by atoms with van der Waals surface area (Å²) in [5.74, 6) is -0.0162. The average molecular weight is 201 g/mol. The lowest BCUT2D eigenvalue weighted by Gasteiger charge is -2.07. The number of imidazole rings is 1. The Morgan fingerprint density at radius 2 is 2.10 bits per heavy atom. The summed E-state index contributed by atoms with van der Waals surface area (Å²) in [5.41, 5.74) is 0. The van der Waals surface area contributed by atoms with Crippen LogP contribution in [0.1, 0.15) is 5.82 Å². The van der Waals surface area contributed by atoms with E-state index in [2.05, 4.69) is 4.98 Å². The molecule has 0 amide bonds. The predicted molar refractivity (Wildman–Crippen MR) is 38.6 cm³/mol. The van der Waals surface area contributed by atoms with Crippen molar-refractivity contribution in [3.05, 3.63) is 18.2 Å². The number of nitrogens with zero attached hydrogens (tertiary/aromatic N) is 2. The number of alkyl halides is 3. The third-order valence-electron chi connectivity index (χ3n) is 0.875. The predicted octanol–water partition coefficient (Wildman–Crippen LogP) is 1.95. The molecule has 0 saturated heterocycles. The molecule has 6 heteroatoms. The third kappa shape index (κ3) is 1.48. The van der Waals surface area contributed by atoms with Crippen LogP contribution in [-0.2, 0) is 3.79 Å². The number of hydrogen-bond donors (Lipinski definition) is 1. The minimum absolute atomic E-state index is 0.0162. The first-order chi connectivity index (χ1) is 4.52. The maximum atomic E-state index is 8.89. The van der Waals surface area contributed by atoms with E-state index in [0.717, 1.165) is 0 Å². The van der Waals surface area contributed by atoms with Gasteiger partial charge in [-0.15, -0.1) is 0 Å². The van der Waals surface area contributed by atoms with Gasteiger partial charge in [-0.3, -0.25) is 0 Å². The molecule has 0 atom stereocenters. The summed E-state index contributed by atoms with van der Waals surface area (Å²) >= 11 is 16.2. The van der Waals surface area contributed by atoms with Gasteiger partial charge in [-0.1, -0.05) is 34.8 Å². The molecule has 0 bridgehead atoms. The summed E-state index contributed by atoms with van der Waals surface area (Å²) in [4.78, 5) is 3.60. The van der Waals surface area contributed by atoms with Gasteiger partial charge in [0.15, 0.2) is 5.82 Å². The highest BCUT2D eigenvalue weighted by Crippen LogP contribution is 2.36. The molecule has 0 unspecified atom stereocenters. The summed E-state index contributed by atoms with van der Waals surface area (Å²) < 4.78 is -1.01. The Morgan fingerprint density at radius 1 is 1.50 bits per heavy atom. The summed E-state index contributed by atoms with van der Waals surface area (Å²) in [5, 5.41) is 8.89. The monoisotopic (exact) mass is 200 g/mol. The average Bonchev–Trinajstić information content (AvgIpc) is 2.11. The van der Waals surface area contributed by atoms with Gasteiger partial charge in [-0.2, -0.15) is 4.73 Å². The molecule has 10 heavy (non-hydrogen) atoms. The lowest BCUT2D eigenvalue weighted by molar-refractivity contribution is 0.176. The summed E-state index contributed by atoms with van der Waals surface area (Å²) in [6.45, 7) is 0. The van der Waals surface area contributed by atoms with Crippen molar-refractivity contribution in [3.8, 4) is 0 Å².